The Balaban J connectivity index is 2.46. The third-order valence-electron chi connectivity index (χ3n) is 2.83. The molecule has 0 fully saturated rings. The Hall–Kier alpha value is -2.38. The number of alkyl halides is 3. The number of hydrogen-bond acceptors (Lipinski definition) is 4. The molecule has 5 nitrogen and oxygen atoms in total. The summed E-state index contributed by atoms with van der Waals surface area (Å²) in [6.45, 7) is 2.35. The van der Waals surface area contributed by atoms with Crippen molar-refractivity contribution in [1.82, 2.24) is 19.6 Å². The summed E-state index contributed by atoms with van der Waals surface area (Å²) in [5, 5.41) is 9.79. The SMILES string of the molecule is CCNc1nc2ccccc2n2c(C(F)(F)F)nnc12. The molecule has 0 atom stereocenters. The lowest BCUT2D eigenvalue weighted by atomic mass is 10.3. The number of fused-ring (bicyclic) bond motifs is 3. The summed E-state index contributed by atoms with van der Waals surface area (Å²) in [6.07, 6.45) is -4.58. The summed E-state index contributed by atoms with van der Waals surface area (Å²) in [5.74, 6) is -0.764. The van der Waals surface area contributed by atoms with Gasteiger partial charge in [-0.15, -0.1) is 10.2 Å². The number of anilines is 1. The maximum absolute atomic E-state index is 13.0. The van der Waals surface area contributed by atoms with E-state index in [2.05, 4.69) is 20.5 Å². The highest BCUT2D eigenvalue weighted by Gasteiger charge is 2.38. The van der Waals surface area contributed by atoms with Crippen molar-refractivity contribution in [2.24, 2.45) is 0 Å². The molecule has 2 heterocycles. The van der Waals surface area contributed by atoms with Crippen molar-refractivity contribution in [3.05, 3.63) is 30.1 Å². The van der Waals surface area contributed by atoms with Gasteiger partial charge in [0.1, 0.15) is 0 Å². The highest BCUT2D eigenvalue weighted by molar-refractivity contribution is 5.82. The molecule has 0 saturated carbocycles. The number of hydrogen-bond donors (Lipinski definition) is 1. The Kier molecular flexibility index (Phi) is 2.73. The Morgan fingerprint density at radius 3 is 2.65 bits per heavy atom. The van der Waals surface area contributed by atoms with Crippen LogP contribution in [0.3, 0.4) is 0 Å². The lowest BCUT2D eigenvalue weighted by molar-refractivity contribution is -0.145. The predicted molar refractivity (Wildman–Crippen MR) is 67.5 cm³/mol. The number of nitrogens with one attached hydrogen (secondary N) is 1. The van der Waals surface area contributed by atoms with Gasteiger partial charge in [0.25, 0.3) is 0 Å². The number of nitrogens with zero attached hydrogens (tertiary/aromatic N) is 4. The zero-order valence-corrected chi connectivity index (χ0v) is 10.4. The van der Waals surface area contributed by atoms with Crippen LogP contribution in [0.25, 0.3) is 16.7 Å². The van der Waals surface area contributed by atoms with E-state index in [9.17, 15) is 13.2 Å². The predicted octanol–water partition coefficient (Wildman–Crippen LogP) is 2.73. The van der Waals surface area contributed by atoms with Gasteiger partial charge in [0.05, 0.1) is 11.0 Å². The van der Waals surface area contributed by atoms with Gasteiger partial charge in [-0.1, -0.05) is 12.1 Å². The number of benzene rings is 1. The van der Waals surface area contributed by atoms with Gasteiger partial charge in [0, 0.05) is 6.54 Å². The molecule has 2 aromatic heterocycles. The van der Waals surface area contributed by atoms with Gasteiger partial charge in [-0.3, -0.25) is 4.40 Å². The van der Waals surface area contributed by atoms with Crippen molar-refractivity contribution in [2.45, 2.75) is 13.1 Å². The van der Waals surface area contributed by atoms with Crippen LogP contribution in [-0.2, 0) is 6.18 Å². The first-order valence-electron chi connectivity index (χ1n) is 5.97. The fraction of sp³-hybridized carbons (Fsp3) is 0.250. The first-order chi connectivity index (χ1) is 9.52. The monoisotopic (exact) mass is 281 g/mol. The van der Waals surface area contributed by atoms with Crippen LogP contribution in [0.4, 0.5) is 19.0 Å². The average Bonchev–Trinajstić information content (AvgIpc) is 2.84. The Morgan fingerprint density at radius 1 is 1.20 bits per heavy atom. The van der Waals surface area contributed by atoms with Crippen LogP contribution in [0.15, 0.2) is 24.3 Å². The smallest absolute Gasteiger partial charge is 0.367 e. The topological polar surface area (TPSA) is 55.1 Å². The highest BCUT2D eigenvalue weighted by Crippen LogP contribution is 2.31. The Morgan fingerprint density at radius 2 is 1.95 bits per heavy atom. The van der Waals surface area contributed by atoms with E-state index in [0.717, 1.165) is 4.40 Å². The zero-order chi connectivity index (χ0) is 14.3. The molecule has 0 bridgehead atoms. The minimum absolute atomic E-state index is 0.0675. The molecule has 0 aliphatic rings. The number of halogens is 3. The van der Waals surface area contributed by atoms with Crippen LogP contribution in [0.1, 0.15) is 12.7 Å². The minimum Gasteiger partial charge on any atom is -0.367 e. The van der Waals surface area contributed by atoms with Crippen LogP contribution in [-0.4, -0.2) is 26.1 Å². The molecule has 0 spiro atoms. The quantitative estimate of drug-likeness (QED) is 0.784. The molecule has 3 aromatic rings. The molecule has 3 rings (SSSR count). The largest absolute Gasteiger partial charge is 0.452 e. The summed E-state index contributed by atoms with van der Waals surface area (Å²) in [7, 11) is 0. The van der Waals surface area contributed by atoms with E-state index >= 15 is 0 Å². The summed E-state index contributed by atoms with van der Waals surface area (Å²) in [4.78, 5) is 4.29. The van der Waals surface area contributed by atoms with E-state index in [1.165, 1.54) is 0 Å². The first-order valence-corrected chi connectivity index (χ1v) is 5.97. The van der Waals surface area contributed by atoms with E-state index in [-0.39, 0.29) is 11.5 Å². The van der Waals surface area contributed by atoms with Crippen LogP contribution in [0, 0.1) is 0 Å². The molecule has 104 valence electrons. The van der Waals surface area contributed by atoms with Gasteiger partial charge < -0.3 is 5.32 Å². The van der Waals surface area contributed by atoms with E-state index < -0.39 is 12.0 Å². The van der Waals surface area contributed by atoms with Gasteiger partial charge >= 0.3 is 6.18 Å². The van der Waals surface area contributed by atoms with Gasteiger partial charge in [-0.2, -0.15) is 13.2 Å². The standard InChI is InChI=1S/C12H10F3N5/c1-2-16-9-10-18-19-11(12(13,14)15)20(10)8-6-4-3-5-7(8)17-9/h3-6H,2H2,1H3,(H,16,17). The second-order valence-corrected chi connectivity index (χ2v) is 4.16. The maximum atomic E-state index is 13.0. The molecule has 1 N–H and O–H groups in total. The molecule has 0 aliphatic carbocycles. The first kappa shape index (κ1) is 12.6. The normalized spacial score (nSPS) is 12.2. The second kappa shape index (κ2) is 4.32. The van der Waals surface area contributed by atoms with Gasteiger partial charge in [0.2, 0.25) is 11.5 Å². The van der Waals surface area contributed by atoms with E-state index in [4.69, 9.17) is 0 Å². The number of para-hydroxylation sites is 2. The van der Waals surface area contributed by atoms with Gasteiger partial charge in [-0.05, 0) is 19.1 Å². The van der Waals surface area contributed by atoms with Gasteiger partial charge in [0.15, 0.2) is 5.82 Å². The summed E-state index contributed by atoms with van der Waals surface area (Å²) >= 11 is 0. The second-order valence-electron chi connectivity index (χ2n) is 4.16. The third kappa shape index (κ3) is 1.84. The van der Waals surface area contributed by atoms with Crippen molar-refractivity contribution in [3.8, 4) is 0 Å². The van der Waals surface area contributed by atoms with Crippen molar-refractivity contribution in [3.63, 3.8) is 0 Å². The molecule has 1 aromatic carbocycles. The Labute approximate surface area is 111 Å². The average molecular weight is 281 g/mol. The maximum Gasteiger partial charge on any atom is 0.452 e. The van der Waals surface area contributed by atoms with Crippen LogP contribution in [0.5, 0.6) is 0 Å². The molecular weight excluding hydrogens is 271 g/mol. The molecule has 0 unspecified atom stereocenters. The van der Waals surface area contributed by atoms with E-state index in [0.29, 0.717) is 17.6 Å². The van der Waals surface area contributed by atoms with Crippen LogP contribution >= 0.6 is 0 Å². The van der Waals surface area contributed by atoms with Crippen molar-refractivity contribution in [2.75, 3.05) is 11.9 Å². The fourth-order valence-electron chi connectivity index (χ4n) is 2.05. The third-order valence-corrected chi connectivity index (χ3v) is 2.83. The lowest BCUT2D eigenvalue weighted by Crippen LogP contribution is -2.12. The molecule has 0 amide bonds. The Bertz CT molecular complexity index is 778. The highest BCUT2D eigenvalue weighted by atomic mass is 19.4. The summed E-state index contributed by atoms with van der Waals surface area (Å²) in [6, 6.07) is 6.57. The molecule has 20 heavy (non-hydrogen) atoms. The number of aromatic nitrogens is 4. The van der Waals surface area contributed by atoms with E-state index in [1.807, 2.05) is 6.92 Å². The van der Waals surface area contributed by atoms with Crippen LogP contribution < -0.4 is 5.32 Å². The van der Waals surface area contributed by atoms with Gasteiger partial charge in [-0.25, -0.2) is 4.98 Å². The lowest BCUT2D eigenvalue weighted by Gasteiger charge is -2.10. The molecule has 8 heteroatoms. The van der Waals surface area contributed by atoms with E-state index in [1.54, 1.807) is 24.3 Å². The van der Waals surface area contributed by atoms with Crippen LogP contribution in [0.2, 0.25) is 0 Å². The minimum atomic E-state index is -4.58. The summed E-state index contributed by atoms with van der Waals surface area (Å²) in [5.41, 5.74) is 0.834. The molecule has 0 radical (unpaired) electrons. The van der Waals surface area contributed by atoms with Crippen molar-refractivity contribution < 1.29 is 13.2 Å². The number of rotatable bonds is 2. The fourth-order valence-corrected chi connectivity index (χ4v) is 2.05. The molecular formula is C12H10F3N5. The van der Waals surface area contributed by atoms with Crippen molar-refractivity contribution in [1.29, 1.82) is 0 Å². The zero-order valence-electron chi connectivity index (χ0n) is 10.4. The summed E-state index contributed by atoms with van der Waals surface area (Å²) < 4.78 is 40.1. The molecule has 0 aliphatic heterocycles. The van der Waals surface area contributed by atoms with Crippen molar-refractivity contribution >= 4 is 22.5 Å². The molecule has 0 saturated heterocycles.